The van der Waals surface area contributed by atoms with Gasteiger partial charge in [-0.3, -0.25) is 4.99 Å². The van der Waals surface area contributed by atoms with E-state index in [2.05, 4.69) is 9.89 Å². The molecule has 8 heteroatoms. The average molecular weight is 457 g/mol. The fraction of sp³-hybridized carbons (Fsp3) is 0.562. The molecule has 1 atom stereocenters. The van der Waals surface area contributed by atoms with Crippen molar-refractivity contribution in [3.8, 4) is 0 Å². The first-order chi connectivity index (χ1) is 10.8. The van der Waals surface area contributed by atoms with E-state index >= 15 is 0 Å². The molecule has 0 aromatic heterocycles. The predicted octanol–water partition coefficient (Wildman–Crippen LogP) is 3.63. The van der Waals surface area contributed by atoms with Crippen LogP contribution in [0.25, 0.3) is 0 Å². The Morgan fingerprint density at radius 2 is 2.08 bits per heavy atom. The van der Waals surface area contributed by atoms with Gasteiger partial charge in [0.25, 0.3) is 0 Å². The Labute approximate surface area is 157 Å². The van der Waals surface area contributed by atoms with Crippen molar-refractivity contribution in [2.45, 2.75) is 19.2 Å². The van der Waals surface area contributed by atoms with Crippen molar-refractivity contribution >= 4 is 29.9 Å². The van der Waals surface area contributed by atoms with Crippen LogP contribution in [0.4, 0.5) is 13.2 Å². The van der Waals surface area contributed by atoms with Crippen molar-refractivity contribution in [2.75, 3.05) is 40.3 Å². The summed E-state index contributed by atoms with van der Waals surface area (Å²) in [5.41, 5.74) is -0.107. The van der Waals surface area contributed by atoms with Gasteiger partial charge in [0.1, 0.15) is 6.10 Å². The number of halogens is 4. The molecule has 1 fully saturated rings. The molecule has 1 aliphatic rings. The molecule has 0 amide bonds. The summed E-state index contributed by atoms with van der Waals surface area (Å²) in [6.07, 6.45) is -4.74. The number of rotatable bonds is 2. The lowest BCUT2D eigenvalue weighted by Gasteiger charge is -2.37. The predicted molar refractivity (Wildman–Crippen MR) is 98.8 cm³/mol. The number of ether oxygens (including phenoxy) is 1. The SMILES string of the molecule is CCN=C(N(C)C)N1CCOC(c2cccc(C(F)(F)F)c2)C1.I. The summed E-state index contributed by atoms with van der Waals surface area (Å²) in [7, 11) is 3.81. The highest BCUT2D eigenvalue weighted by Crippen LogP contribution is 2.32. The molecule has 1 aliphatic heterocycles. The van der Waals surface area contributed by atoms with E-state index in [0.29, 0.717) is 31.8 Å². The Hall–Kier alpha value is -1.03. The lowest BCUT2D eigenvalue weighted by molar-refractivity contribution is -0.137. The largest absolute Gasteiger partial charge is 0.416 e. The molecule has 0 N–H and O–H groups in total. The van der Waals surface area contributed by atoms with E-state index in [9.17, 15) is 13.2 Å². The topological polar surface area (TPSA) is 28.1 Å². The van der Waals surface area contributed by atoms with Gasteiger partial charge in [0.15, 0.2) is 5.96 Å². The van der Waals surface area contributed by atoms with E-state index in [1.54, 1.807) is 6.07 Å². The highest BCUT2D eigenvalue weighted by atomic mass is 127. The minimum absolute atomic E-state index is 0. The number of alkyl halides is 3. The standard InChI is InChI=1S/C16H22F3N3O.HI/c1-4-20-15(21(2)3)22-8-9-23-14(11-22)12-6-5-7-13(10-12)16(17,18)19;/h5-7,10,14H,4,8-9,11H2,1-3H3;1H. The van der Waals surface area contributed by atoms with Crippen LogP contribution in [0.15, 0.2) is 29.3 Å². The third kappa shape index (κ3) is 5.23. The van der Waals surface area contributed by atoms with Gasteiger partial charge in [-0.05, 0) is 24.6 Å². The van der Waals surface area contributed by atoms with Gasteiger partial charge in [-0.25, -0.2) is 0 Å². The van der Waals surface area contributed by atoms with Crippen molar-refractivity contribution in [1.29, 1.82) is 0 Å². The van der Waals surface area contributed by atoms with Crippen LogP contribution in [-0.2, 0) is 10.9 Å². The maximum absolute atomic E-state index is 12.9. The van der Waals surface area contributed by atoms with Gasteiger partial charge in [-0.15, -0.1) is 24.0 Å². The Bertz CT molecular complexity index is 564. The van der Waals surface area contributed by atoms with Gasteiger partial charge in [0, 0.05) is 27.2 Å². The number of morpholine rings is 1. The van der Waals surface area contributed by atoms with Gasteiger partial charge >= 0.3 is 6.18 Å². The van der Waals surface area contributed by atoms with Gasteiger partial charge < -0.3 is 14.5 Å². The van der Waals surface area contributed by atoms with Crippen molar-refractivity contribution in [1.82, 2.24) is 9.80 Å². The summed E-state index contributed by atoms with van der Waals surface area (Å²) >= 11 is 0. The molecule has 4 nitrogen and oxygen atoms in total. The molecule has 1 unspecified atom stereocenters. The Balaban J connectivity index is 0.00000288. The number of aliphatic imine (C=N–C) groups is 1. The molecule has 1 heterocycles. The number of guanidine groups is 1. The molecule has 24 heavy (non-hydrogen) atoms. The number of hydrogen-bond donors (Lipinski definition) is 0. The van der Waals surface area contributed by atoms with Crippen molar-refractivity contribution in [3.05, 3.63) is 35.4 Å². The van der Waals surface area contributed by atoms with Crippen molar-refractivity contribution < 1.29 is 17.9 Å². The molecule has 2 rings (SSSR count). The highest BCUT2D eigenvalue weighted by molar-refractivity contribution is 14.0. The summed E-state index contributed by atoms with van der Waals surface area (Å²) < 4.78 is 44.3. The van der Waals surface area contributed by atoms with E-state index in [0.717, 1.165) is 12.0 Å². The molecule has 0 radical (unpaired) electrons. The molecule has 0 saturated carbocycles. The molecule has 1 aromatic rings. The normalized spacial score (nSPS) is 19.0. The van der Waals surface area contributed by atoms with Gasteiger partial charge in [0.2, 0.25) is 0 Å². The Morgan fingerprint density at radius 3 is 2.67 bits per heavy atom. The van der Waals surface area contributed by atoms with E-state index in [1.165, 1.54) is 12.1 Å². The van der Waals surface area contributed by atoms with Crippen LogP contribution in [0.3, 0.4) is 0 Å². The quantitative estimate of drug-likeness (QED) is 0.386. The Morgan fingerprint density at radius 1 is 1.38 bits per heavy atom. The number of hydrogen-bond acceptors (Lipinski definition) is 2. The summed E-state index contributed by atoms with van der Waals surface area (Å²) in [6.45, 7) is 4.22. The summed E-state index contributed by atoms with van der Waals surface area (Å²) in [5, 5.41) is 0. The minimum atomic E-state index is -4.34. The van der Waals surface area contributed by atoms with Crippen LogP contribution in [-0.4, -0.2) is 56.1 Å². The van der Waals surface area contributed by atoms with Crippen LogP contribution in [0, 0.1) is 0 Å². The zero-order valence-corrected chi connectivity index (χ0v) is 16.3. The lowest BCUT2D eigenvalue weighted by atomic mass is 10.0. The third-order valence-electron chi connectivity index (χ3n) is 3.63. The Kier molecular flexibility index (Phi) is 7.78. The maximum Gasteiger partial charge on any atom is 0.416 e. The second-order valence-electron chi connectivity index (χ2n) is 5.60. The van der Waals surface area contributed by atoms with E-state index in [-0.39, 0.29) is 24.0 Å². The summed E-state index contributed by atoms with van der Waals surface area (Å²) in [5.74, 6) is 0.827. The first-order valence-electron chi connectivity index (χ1n) is 7.58. The first kappa shape index (κ1) is 21.0. The van der Waals surface area contributed by atoms with Crippen LogP contribution in [0.2, 0.25) is 0 Å². The highest BCUT2D eigenvalue weighted by Gasteiger charge is 2.32. The average Bonchev–Trinajstić information content (AvgIpc) is 2.52. The third-order valence-corrected chi connectivity index (χ3v) is 3.63. The monoisotopic (exact) mass is 457 g/mol. The van der Waals surface area contributed by atoms with E-state index < -0.39 is 17.8 Å². The molecule has 0 spiro atoms. The smallest absolute Gasteiger partial charge is 0.370 e. The number of nitrogens with zero attached hydrogens (tertiary/aromatic N) is 3. The van der Waals surface area contributed by atoms with Gasteiger partial charge in [-0.2, -0.15) is 13.2 Å². The van der Waals surface area contributed by atoms with E-state index in [1.807, 2.05) is 25.9 Å². The van der Waals surface area contributed by atoms with Crippen LogP contribution < -0.4 is 0 Å². The molecule has 136 valence electrons. The minimum Gasteiger partial charge on any atom is -0.370 e. The fourth-order valence-corrected chi connectivity index (χ4v) is 2.61. The first-order valence-corrected chi connectivity index (χ1v) is 7.58. The van der Waals surface area contributed by atoms with Gasteiger partial charge in [0.05, 0.1) is 18.7 Å². The molecule has 0 bridgehead atoms. The van der Waals surface area contributed by atoms with Crippen LogP contribution >= 0.6 is 24.0 Å². The zero-order chi connectivity index (χ0) is 17.0. The van der Waals surface area contributed by atoms with Crippen molar-refractivity contribution in [2.24, 2.45) is 4.99 Å². The zero-order valence-electron chi connectivity index (χ0n) is 14.0. The van der Waals surface area contributed by atoms with E-state index in [4.69, 9.17) is 4.74 Å². The molecular formula is C16H23F3IN3O. The second kappa shape index (κ2) is 8.89. The molecular weight excluding hydrogens is 434 g/mol. The van der Waals surface area contributed by atoms with Crippen LogP contribution in [0.1, 0.15) is 24.2 Å². The lowest BCUT2D eigenvalue weighted by Crippen LogP contribution is -2.47. The number of benzene rings is 1. The fourth-order valence-electron chi connectivity index (χ4n) is 2.61. The van der Waals surface area contributed by atoms with Crippen molar-refractivity contribution in [3.63, 3.8) is 0 Å². The summed E-state index contributed by atoms with van der Waals surface area (Å²) in [4.78, 5) is 8.43. The second-order valence-corrected chi connectivity index (χ2v) is 5.60. The maximum atomic E-state index is 12.9. The molecule has 0 aliphatic carbocycles. The van der Waals surface area contributed by atoms with Gasteiger partial charge in [-0.1, -0.05) is 12.1 Å². The van der Waals surface area contributed by atoms with Crippen LogP contribution in [0.5, 0.6) is 0 Å². The molecule has 1 saturated heterocycles. The molecule has 1 aromatic carbocycles. The summed E-state index contributed by atoms with van der Waals surface area (Å²) in [6, 6.07) is 5.34.